The van der Waals surface area contributed by atoms with Crippen LogP contribution in [0.25, 0.3) is 0 Å². The molecule has 5 heteroatoms. The van der Waals surface area contributed by atoms with Crippen molar-refractivity contribution in [2.75, 3.05) is 23.4 Å². The van der Waals surface area contributed by atoms with Crippen molar-refractivity contribution in [1.82, 2.24) is 4.98 Å². The van der Waals surface area contributed by atoms with E-state index in [1.54, 1.807) is 19.9 Å². The van der Waals surface area contributed by atoms with E-state index < -0.39 is 5.60 Å². The summed E-state index contributed by atoms with van der Waals surface area (Å²) >= 11 is 0. The Bertz CT molecular complexity index is 335. The number of hydrogen-bond donors (Lipinski definition) is 3. The van der Waals surface area contributed by atoms with Crippen LogP contribution >= 0.6 is 0 Å². The monoisotopic (exact) mass is 224 g/mol. The van der Waals surface area contributed by atoms with Gasteiger partial charge in [-0.1, -0.05) is 6.07 Å². The van der Waals surface area contributed by atoms with Gasteiger partial charge >= 0.3 is 0 Å². The number of pyridine rings is 1. The van der Waals surface area contributed by atoms with Crippen molar-refractivity contribution >= 4 is 11.6 Å². The van der Waals surface area contributed by atoms with E-state index in [1.165, 1.54) is 0 Å². The third kappa shape index (κ3) is 3.67. The van der Waals surface area contributed by atoms with Gasteiger partial charge in [0.2, 0.25) is 0 Å². The quantitative estimate of drug-likeness (QED) is 0.513. The third-order valence-electron chi connectivity index (χ3n) is 2.17. The van der Waals surface area contributed by atoms with Gasteiger partial charge in [-0.25, -0.2) is 10.8 Å². The lowest BCUT2D eigenvalue weighted by atomic mass is 10.1. The molecule has 0 saturated heterocycles. The first-order chi connectivity index (χ1) is 7.46. The Morgan fingerprint density at radius 1 is 1.50 bits per heavy atom. The SMILES string of the molecule is CCN(CC(C)(C)O)c1cccc(NN)n1. The minimum Gasteiger partial charge on any atom is -0.389 e. The number of nitrogens with one attached hydrogen (secondary N) is 1. The summed E-state index contributed by atoms with van der Waals surface area (Å²) in [5, 5.41) is 9.80. The number of nitrogen functional groups attached to an aromatic ring is 1. The molecule has 1 rings (SSSR count). The molecule has 0 aliphatic carbocycles. The number of hydrogen-bond acceptors (Lipinski definition) is 5. The maximum absolute atomic E-state index is 9.80. The van der Waals surface area contributed by atoms with E-state index in [2.05, 4.69) is 10.4 Å². The summed E-state index contributed by atoms with van der Waals surface area (Å²) in [6, 6.07) is 5.57. The zero-order chi connectivity index (χ0) is 12.2. The summed E-state index contributed by atoms with van der Waals surface area (Å²) in [7, 11) is 0. The van der Waals surface area contributed by atoms with Gasteiger partial charge in [0.25, 0.3) is 0 Å². The number of aromatic nitrogens is 1. The molecule has 0 saturated carbocycles. The van der Waals surface area contributed by atoms with E-state index in [0.717, 1.165) is 12.4 Å². The average Bonchev–Trinajstić information content (AvgIpc) is 2.25. The highest BCUT2D eigenvalue weighted by atomic mass is 16.3. The van der Waals surface area contributed by atoms with Crippen LogP contribution in [-0.4, -0.2) is 28.8 Å². The van der Waals surface area contributed by atoms with Crippen LogP contribution in [0.3, 0.4) is 0 Å². The Morgan fingerprint density at radius 2 is 2.19 bits per heavy atom. The summed E-state index contributed by atoms with van der Waals surface area (Å²) in [4.78, 5) is 6.33. The van der Waals surface area contributed by atoms with Crippen LogP contribution in [0.2, 0.25) is 0 Å². The van der Waals surface area contributed by atoms with Crippen LogP contribution in [-0.2, 0) is 0 Å². The molecule has 90 valence electrons. The number of aliphatic hydroxyl groups is 1. The fourth-order valence-electron chi connectivity index (χ4n) is 1.50. The third-order valence-corrected chi connectivity index (χ3v) is 2.17. The highest BCUT2D eigenvalue weighted by Crippen LogP contribution is 2.16. The Kier molecular flexibility index (Phi) is 4.09. The standard InChI is InChI=1S/C11H20N4O/c1-4-15(8-11(2,3)16)10-7-5-6-9(13-10)14-12/h5-7,16H,4,8,12H2,1-3H3,(H,13,14). The largest absolute Gasteiger partial charge is 0.389 e. The average molecular weight is 224 g/mol. The second-order valence-electron chi connectivity index (χ2n) is 4.35. The van der Waals surface area contributed by atoms with E-state index in [-0.39, 0.29) is 0 Å². The molecule has 16 heavy (non-hydrogen) atoms. The molecule has 0 aliphatic rings. The minimum atomic E-state index is -0.746. The maximum atomic E-state index is 9.80. The van der Waals surface area contributed by atoms with Crippen LogP contribution < -0.4 is 16.2 Å². The number of nitrogens with two attached hydrogens (primary N) is 1. The summed E-state index contributed by atoms with van der Waals surface area (Å²) in [5.41, 5.74) is 1.76. The van der Waals surface area contributed by atoms with Gasteiger partial charge in [0.1, 0.15) is 11.6 Å². The summed E-state index contributed by atoms with van der Waals surface area (Å²) < 4.78 is 0. The van der Waals surface area contributed by atoms with Gasteiger partial charge in [0, 0.05) is 13.1 Å². The first kappa shape index (κ1) is 12.7. The molecule has 0 radical (unpaired) electrons. The van der Waals surface area contributed by atoms with E-state index in [4.69, 9.17) is 5.84 Å². The van der Waals surface area contributed by atoms with Gasteiger partial charge in [-0.05, 0) is 32.9 Å². The number of nitrogens with zero attached hydrogens (tertiary/aromatic N) is 2. The van der Waals surface area contributed by atoms with E-state index in [9.17, 15) is 5.11 Å². The first-order valence-electron chi connectivity index (χ1n) is 5.37. The van der Waals surface area contributed by atoms with Crippen LogP contribution in [0.1, 0.15) is 20.8 Å². The lowest BCUT2D eigenvalue weighted by molar-refractivity contribution is 0.0874. The van der Waals surface area contributed by atoms with Crippen LogP contribution in [0.5, 0.6) is 0 Å². The Hall–Kier alpha value is -1.33. The first-order valence-corrected chi connectivity index (χ1v) is 5.37. The topological polar surface area (TPSA) is 74.4 Å². The summed E-state index contributed by atoms with van der Waals surface area (Å²) in [6.45, 7) is 6.90. The molecule has 0 atom stereocenters. The van der Waals surface area contributed by atoms with Crippen molar-refractivity contribution < 1.29 is 5.11 Å². The van der Waals surface area contributed by atoms with Crippen molar-refractivity contribution in [3.05, 3.63) is 18.2 Å². The van der Waals surface area contributed by atoms with Gasteiger partial charge in [-0.2, -0.15) is 0 Å². The molecule has 0 unspecified atom stereocenters. The molecule has 0 amide bonds. The number of hydrazine groups is 1. The molecule has 0 spiro atoms. The van der Waals surface area contributed by atoms with E-state index >= 15 is 0 Å². The van der Waals surface area contributed by atoms with Gasteiger partial charge in [0.15, 0.2) is 0 Å². The maximum Gasteiger partial charge on any atom is 0.142 e. The smallest absolute Gasteiger partial charge is 0.142 e. The molecule has 0 aromatic carbocycles. The Labute approximate surface area is 96.3 Å². The van der Waals surface area contributed by atoms with Crippen molar-refractivity contribution in [2.24, 2.45) is 5.84 Å². The predicted molar refractivity (Wildman–Crippen MR) is 66.2 cm³/mol. The van der Waals surface area contributed by atoms with Crippen molar-refractivity contribution in [3.8, 4) is 0 Å². The second kappa shape index (κ2) is 5.14. The predicted octanol–water partition coefficient (Wildman–Crippen LogP) is 0.964. The molecule has 5 nitrogen and oxygen atoms in total. The van der Waals surface area contributed by atoms with Crippen molar-refractivity contribution in [3.63, 3.8) is 0 Å². The molecule has 1 aromatic heterocycles. The molecule has 1 heterocycles. The Morgan fingerprint density at radius 3 is 2.69 bits per heavy atom. The molecule has 0 fully saturated rings. The van der Waals surface area contributed by atoms with Crippen LogP contribution in [0.4, 0.5) is 11.6 Å². The molecule has 1 aromatic rings. The van der Waals surface area contributed by atoms with Gasteiger partial charge in [-0.15, -0.1) is 0 Å². The van der Waals surface area contributed by atoms with Gasteiger partial charge in [-0.3, -0.25) is 0 Å². The van der Waals surface area contributed by atoms with Crippen molar-refractivity contribution in [2.45, 2.75) is 26.4 Å². The lowest BCUT2D eigenvalue weighted by Crippen LogP contribution is -2.39. The normalized spacial score (nSPS) is 11.3. The summed E-state index contributed by atoms with van der Waals surface area (Å²) in [5.74, 6) is 6.73. The van der Waals surface area contributed by atoms with Crippen LogP contribution in [0.15, 0.2) is 18.2 Å². The highest BCUT2D eigenvalue weighted by Gasteiger charge is 2.18. The molecule has 4 N–H and O–H groups in total. The Balaban J connectivity index is 2.86. The van der Waals surface area contributed by atoms with Gasteiger partial charge < -0.3 is 15.4 Å². The number of anilines is 2. The fraction of sp³-hybridized carbons (Fsp3) is 0.545. The second-order valence-corrected chi connectivity index (χ2v) is 4.35. The lowest BCUT2D eigenvalue weighted by Gasteiger charge is -2.29. The van der Waals surface area contributed by atoms with Crippen molar-refractivity contribution in [1.29, 1.82) is 0 Å². The molecular weight excluding hydrogens is 204 g/mol. The van der Waals surface area contributed by atoms with Crippen LogP contribution in [0, 0.1) is 0 Å². The molecule has 0 aliphatic heterocycles. The number of likely N-dealkylation sites (N-methyl/N-ethyl adjacent to an activating group) is 1. The minimum absolute atomic E-state index is 0.532. The van der Waals surface area contributed by atoms with E-state index in [1.807, 2.05) is 24.0 Å². The zero-order valence-electron chi connectivity index (χ0n) is 10.1. The fourth-order valence-corrected chi connectivity index (χ4v) is 1.50. The van der Waals surface area contributed by atoms with Gasteiger partial charge in [0.05, 0.1) is 5.60 Å². The zero-order valence-corrected chi connectivity index (χ0v) is 10.1. The van der Waals surface area contributed by atoms with E-state index in [0.29, 0.717) is 12.4 Å². The summed E-state index contributed by atoms with van der Waals surface area (Å²) in [6.07, 6.45) is 0. The highest BCUT2D eigenvalue weighted by molar-refractivity contribution is 5.46. The molecular formula is C11H20N4O. The number of rotatable bonds is 5. The molecule has 0 bridgehead atoms.